The molecule has 3 heterocycles. The van der Waals surface area contributed by atoms with E-state index in [1.807, 2.05) is 17.0 Å². The number of nitrogens with zero attached hydrogens (tertiary/aromatic N) is 5. The van der Waals surface area contributed by atoms with Gasteiger partial charge in [0, 0.05) is 51.8 Å². The molecule has 1 N–H and O–H groups in total. The number of nitrogens with one attached hydrogen (secondary N) is 1. The van der Waals surface area contributed by atoms with E-state index < -0.39 is 18.1 Å². The quantitative estimate of drug-likeness (QED) is 0.461. The number of piperidine rings is 2. The summed E-state index contributed by atoms with van der Waals surface area (Å²) in [5.74, 6) is 0.0646. The number of amides is 2. The van der Waals surface area contributed by atoms with E-state index in [4.69, 9.17) is 15.3 Å². The summed E-state index contributed by atoms with van der Waals surface area (Å²) in [6.07, 6.45) is 1.92. The maximum absolute atomic E-state index is 15.0. The molecule has 2 fully saturated rings. The van der Waals surface area contributed by atoms with E-state index in [1.165, 1.54) is 12.3 Å². The molecule has 0 aliphatic carbocycles. The van der Waals surface area contributed by atoms with E-state index in [0.717, 1.165) is 5.56 Å². The Kier molecular flexibility index (Phi) is 9.05. The van der Waals surface area contributed by atoms with E-state index in [1.54, 1.807) is 47.4 Å². The largest absolute Gasteiger partial charge is 0.490 e. The SMILES string of the molecule is N#Cc1ccc(CN2CC[C@@H](NC(=O)c3ccc(C(=O)N4CCC(Oc5ccc(C#N)cc5)CC4)nc3)[C@@H](F)C2)cc1. The van der Waals surface area contributed by atoms with Crippen molar-refractivity contribution in [2.45, 2.75) is 44.1 Å². The van der Waals surface area contributed by atoms with Crippen molar-refractivity contribution >= 4 is 11.8 Å². The van der Waals surface area contributed by atoms with Crippen LogP contribution < -0.4 is 10.1 Å². The summed E-state index contributed by atoms with van der Waals surface area (Å²) in [4.78, 5) is 33.8. The Balaban J connectivity index is 1.07. The maximum atomic E-state index is 15.0. The number of rotatable bonds is 7. The fourth-order valence-corrected chi connectivity index (χ4v) is 5.26. The van der Waals surface area contributed by atoms with E-state index in [2.05, 4.69) is 22.4 Å². The summed E-state index contributed by atoms with van der Waals surface area (Å²) in [5, 5.41) is 20.7. The standard InChI is InChI=1S/C32H31FN6O3/c33-28-21-38(20-24-3-1-22(17-34)2-4-24)14-13-29(28)37-31(40)25-7-10-30(36-19-25)32(41)39-15-11-27(12-16-39)42-26-8-5-23(18-35)6-9-26/h1-10,19,27-29H,11-16,20-21H2,(H,37,40)/t28-,29+/m0/s1. The number of ether oxygens (including phenoxy) is 1. The van der Waals surface area contributed by atoms with Crippen LogP contribution in [0.2, 0.25) is 0 Å². The van der Waals surface area contributed by atoms with Crippen LogP contribution in [0, 0.1) is 22.7 Å². The van der Waals surface area contributed by atoms with Gasteiger partial charge in [-0.3, -0.25) is 19.5 Å². The number of hydrogen-bond acceptors (Lipinski definition) is 7. The lowest BCUT2D eigenvalue weighted by atomic mass is 10.0. The first-order chi connectivity index (χ1) is 20.4. The fourth-order valence-electron chi connectivity index (χ4n) is 5.26. The van der Waals surface area contributed by atoms with Crippen molar-refractivity contribution in [1.82, 2.24) is 20.1 Å². The summed E-state index contributed by atoms with van der Waals surface area (Å²) in [6, 6.07) is 20.8. The van der Waals surface area contributed by atoms with Crippen molar-refractivity contribution in [1.29, 1.82) is 10.5 Å². The predicted molar refractivity (Wildman–Crippen MR) is 152 cm³/mol. The molecule has 0 radical (unpaired) electrons. The zero-order chi connectivity index (χ0) is 29.5. The lowest BCUT2D eigenvalue weighted by Gasteiger charge is -2.35. The minimum Gasteiger partial charge on any atom is -0.490 e. The molecule has 0 bridgehead atoms. The van der Waals surface area contributed by atoms with Crippen molar-refractivity contribution in [2.24, 2.45) is 0 Å². The van der Waals surface area contributed by atoms with Gasteiger partial charge < -0.3 is 15.0 Å². The Morgan fingerprint density at radius 2 is 1.60 bits per heavy atom. The number of aromatic nitrogens is 1. The second kappa shape index (κ2) is 13.2. The summed E-state index contributed by atoms with van der Waals surface area (Å²) in [5.41, 5.74) is 2.68. The first-order valence-electron chi connectivity index (χ1n) is 14.0. The molecule has 0 unspecified atom stereocenters. The lowest BCUT2D eigenvalue weighted by molar-refractivity contribution is 0.0589. The van der Waals surface area contributed by atoms with Crippen molar-refractivity contribution in [3.8, 4) is 17.9 Å². The van der Waals surface area contributed by atoms with Gasteiger partial charge in [-0.1, -0.05) is 12.1 Å². The first-order valence-corrected chi connectivity index (χ1v) is 14.0. The molecule has 2 aromatic carbocycles. The number of carbonyl (C=O) groups is 2. The zero-order valence-corrected chi connectivity index (χ0v) is 23.1. The van der Waals surface area contributed by atoms with Crippen LogP contribution in [-0.4, -0.2) is 71.1 Å². The average Bonchev–Trinajstić information content (AvgIpc) is 3.03. The van der Waals surface area contributed by atoms with Crippen LogP contribution >= 0.6 is 0 Å². The topological polar surface area (TPSA) is 122 Å². The van der Waals surface area contributed by atoms with Crippen molar-refractivity contribution in [3.05, 3.63) is 94.8 Å². The van der Waals surface area contributed by atoms with Gasteiger partial charge >= 0.3 is 0 Å². The molecular weight excluding hydrogens is 535 g/mol. The van der Waals surface area contributed by atoms with Crippen molar-refractivity contribution in [3.63, 3.8) is 0 Å². The normalized spacial score (nSPS) is 19.4. The van der Waals surface area contributed by atoms with Crippen LogP contribution in [0.25, 0.3) is 0 Å². The van der Waals surface area contributed by atoms with Crippen LogP contribution in [-0.2, 0) is 6.54 Å². The summed E-state index contributed by atoms with van der Waals surface area (Å²) in [7, 11) is 0. The number of halogens is 1. The van der Waals surface area contributed by atoms with Gasteiger partial charge in [-0.15, -0.1) is 0 Å². The molecule has 214 valence electrons. The number of benzene rings is 2. The third-order valence-electron chi connectivity index (χ3n) is 7.69. The van der Waals surface area contributed by atoms with Crippen LogP contribution in [0.5, 0.6) is 5.75 Å². The smallest absolute Gasteiger partial charge is 0.272 e. The van der Waals surface area contributed by atoms with E-state index in [-0.39, 0.29) is 29.8 Å². The molecule has 2 aliphatic rings. The van der Waals surface area contributed by atoms with Gasteiger partial charge in [0.15, 0.2) is 0 Å². The van der Waals surface area contributed by atoms with Gasteiger partial charge in [0.05, 0.1) is 34.9 Å². The molecule has 2 amide bonds. The van der Waals surface area contributed by atoms with E-state index in [9.17, 15) is 14.0 Å². The summed E-state index contributed by atoms with van der Waals surface area (Å²) < 4.78 is 21.0. The highest BCUT2D eigenvalue weighted by atomic mass is 19.1. The molecular formula is C32H31FN6O3. The molecule has 5 rings (SSSR count). The van der Waals surface area contributed by atoms with E-state index in [0.29, 0.717) is 62.3 Å². The average molecular weight is 567 g/mol. The second-order valence-electron chi connectivity index (χ2n) is 10.6. The summed E-state index contributed by atoms with van der Waals surface area (Å²) in [6.45, 7) is 2.45. The molecule has 0 saturated carbocycles. The third-order valence-corrected chi connectivity index (χ3v) is 7.69. The summed E-state index contributed by atoms with van der Waals surface area (Å²) >= 11 is 0. The highest BCUT2D eigenvalue weighted by molar-refractivity contribution is 5.96. The lowest BCUT2D eigenvalue weighted by Crippen LogP contribution is -2.52. The number of nitriles is 2. The highest BCUT2D eigenvalue weighted by Gasteiger charge is 2.31. The Labute approximate surface area is 244 Å². The molecule has 2 aliphatic heterocycles. The van der Waals surface area contributed by atoms with Gasteiger partial charge in [-0.2, -0.15) is 10.5 Å². The Morgan fingerprint density at radius 1 is 0.929 bits per heavy atom. The predicted octanol–water partition coefficient (Wildman–Crippen LogP) is 3.85. The third kappa shape index (κ3) is 7.09. The minimum atomic E-state index is -1.22. The Bertz CT molecular complexity index is 1470. The number of pyridine rings is 1. The maximum Gasteiger partial charge on any atom is 0.272 e. The number of alkyl halides is 1. The van der Waals surface area contributed by atoms with Gasteiger partial charge in [0.1, 0.15) is 23.7 Å². The van der Waals surface area contributed by atoms with Crippen LogP contribution in [0.4, 0.5) is 4.39 Å². The molecule has 1 aromatic heterocycles. The molecule has 42 heavy (non-hydrogen) atoms. The molecule has 10 heteroatoms. The number of carbonyl (C=O) groups excluding carboxylic acids is 2. The Morgan fingerprint density at radius 3 is 2.19 bits per heavy atom. The number of likely N-dealkylation sites (tertiary alicyclic amines) is 2. The molecule has 9 nitrogen and oxygen atoms in total. The van der Waals surface area contributed by atoms with Gasteiger partial charge in [-0.05, 0) is 60.5 Å². The molecule has 2 saturated heterocycles. The van der Waals surface area contributed by atoms with E-state index >= 15 is 0 Å². The van der Waals surface area contributed by atoms with Crippen LogP contribution in [0.15, 0.2) is 66.9 Å². The number of hydrogen-bond donors (Lipinski definition) is 1. The van der Waals surface area contributed by atoms with Crippen molar-refractivity contribution < 1.29 is 18.7 Å². The molecule has 2 atom stereocenters. The van der Waals surface area contributed by atoms with Gasteiger partial charge in [-0.25, -0.2) is 4.39 Å². The fraction of sp³-hybridized carbons (Fsp3) is 0.344. The monoisotopic (exact) mass is 566 g/mol. The van der Waals surface area contributed by atoms with Crippen LogP contribution in [0.1, 0.15) is 56.8 Å². The van der Waals surface area contributed by atoms with Crippen molar-refractivity contribution in [2.75, 3.05) is 26.2 Å². The Hall–Kier alpha value is -4.80. The zero-order valence-electron chi connectivity index (χ0n) is 23.1. The van der Waals surface area contributed by atoms with Crippen LogP contribution in [0.3, 0.4) is 0 Å². The van der Waals surface area contributed by atoms with Gasteiger partial charge in [0.2, 0.25) is 0 Å². The highest BCUT2D eigenvalue weighted by Crippen LogP contribution is 2.21. The molecule has 3 aromatic rings. The second-order valence-corrected chi connectivity index (χ2v) is 10.6. The van der Waals surface area contributed by atoms with Gasteiger partial charge in [0.25, 0.3) is 11.8 Å². The minimum absolute atomic E-state index is 0.0248. The molecule has 0 spiro atoms. The first kappa shape index (κ1) is 28.7.